The number of carbonyl (C=O) groups excluding carboxylic acids is 1. The highest BCUT2D eigenvalue weighted by Crippen LogP contribution is 2.46. The third-order valence-electron chi connectivity index (χ3n) is 4.73. The van der Waals surface area contributed by atoms with E-state index in [-0.39, 0.29) is 11.4 Å². The molecule has 17 heavy (non-hydrogen) atoms. The number of hydrogen-bond acceptors (Lipinski definition) is 3. The molecule has 0 atom stereocenters. The first kappa shape index (κ1) is 12.9. The highest BCUT2D eigenvalue weighted by atomic mass is 16.5. The van der Waals surface area contributed by atoms with Gasteiger partial charge in [-0.3, -0.25) is 4.79 Å². The summed E-state index contributed by atoms with van der Waals surface area (Å²) in [6, 6.07) is 0. The molecule has 3 nitrogen and oxygen atoms in total. The average molecular weight is 239 g/mol. The van der Waals surface area contributed by atoms with Crippen molar-refractivity contribution in [3.05, 3.63) is 0 Å². The summed E-state index contributed by atoms with van der Waals surface area (Å²) in [5.74, 6) is 0.828. The molecule has 2 saturated carbocycles. The van der Waals surface area contributed by atoms with E-state index in [1.165, 1.54) is 26.4 Å². The predicted octanol–water partition coefficient (Wildman–Crippen LogP) is 2.36. The summed E-state index contributed by atoms with van der Waals surface area (Å²) in [5, 5.41) is 3.49. The van der Waals surface area contributed by atoms with Gasteiger partial charge in [0.25, 0.3) is 0 Å². The monoisotopic (exact) mass is 239 g/mol. The summed E-state index contributed by atoms with van der Waals surface area (Å²) in [7, 11) is 1.49. The molecule has 2 aliphatic carbocycles. The summed E-state index contributed by atoms with van der Waals surface area (Å²) in [4.78, 5) is 11.6. The molecular formula is C14H25NO2. The summed E-state index contributed by atoms with van der Waals surface area (Å²) in [6.45, 7) is 6.47. The second-order valence-corrected chi connectivity index (χ2v) is 6.49. The lowest BCUT2D eigenvalue weighted by Gasteiger charge is -2.40. The predicted molar refractivity (Wildman–Crippen MR) is 67.7 cm³/mol. The zero-order chi connectivity index (χ0) is 12.5. The van der Waals surface area contributed by atoms with Crippen LogP contribution in [0.2, 0.25) is 0 Å². The van der Waals surface area contributed by atoms with Gasteiger partial charge in [-0.05, 0) is 37.0 Å². The van der Waals surface area contributed by atoms with Gasteiger partial charge in [0.1, 0.15) is 0 Å². The Morgan fingerprint density at radius 1 is 1.41 bits per heavy atom. The van der Waals surface area contributed by atoms with E-state index in [2.05, 4.69) is 19.2 Å². The number of hydrogen-bond donors (Lipinski definition) is 1. The van der Waals surface area contributed by atoms with Crippen LogP contribution >= 0.6 is 0 Å². The third-order valence-corrected chi connectivity index (χ3v) is 4.73. The van der Waals surface area contributed by atoms with Crippen LogP contribution in [0.25, 0.3) is 0 Å². The molecule has 0 unspecified atom stereocenters. The van der Waals surface area contributed by atoms with Crippen molar-refractivity contribution in [3.63, 3.8) is 0 Å². The molecular weight excluding hydrogens is 214 g/mol. The van der Waals surface area contributed by atoms with Gasteiger partial charge in [-0.1, -0.05) is 20.3 Å². The van der Waals surface area contributed by atoms with Crippen molar-refractivity contribution in [3.8, 4) is 0 Å². The molecule has 0 bridgehead atoms. The van der Waals surface area contributed by atoms with Gasteiger partial charge in [0.05, 0.1) is 12.5 Å². The van der Waals surface area contributed by atoms with Crippen molar-refractivity contribution in [1.82, 2.24) is 5.32 Å². The van der Waals surface area contributed by atoms with Crippen molar-refractivity contribution >= 4 is 5.97 Å². The topological polar surface area (TPSA) is 38.3 Å². The first-order valence-corrected chi connectivity index (χ1v) is 6.79. The Balaban J connectivity index is 1.74. The zero-order valence-electron chi connectivity index (χ0n) is 11.3. The maximum absolute atomic E-state index is 11.6. The third kappa shape index (κ3) is 2.65. The van der Waals surface area contributed by atoms with Gasteiger partial charge >= 0.3 is 5.97 Å². The minimum absolute atomic E-state index is 0.0357. The van der Waals surface area contributed by atoms with E-state index in [0.717, 1.165) is 31.8 Å². The lowest BCUT2D eigenvalue weighted by Crippen LogP contribution is -2.41. The summed E-state index contributed by atoms with van der Waals surface area (Å²) in [6.07, 6.45) is 6.10. The lowest BCUT2D eigenvalue weighted by atomic mass is 9.67. The molecule has 0 aromatic rings. The fourth-order valence-corrected chi connectivity index (χ4v) is 2.78. The normalized spacial score (nSPS) is 23.0. The molecule has 2 rings (SSSR count). The van der Waals surface area contributed by atoms with Gasteiger partial charge in [0.15, 0.2) is 0 Å². The van der Waals surface area contributed by atoms with Gasteiger partial charge in [-0.15, -0.1) is 0 Å². The SMILES string of the molecule is COC(=O)C1(CNCC(C)(C)C2CCC2)CC1. The van der Waals surface area contributed by atoms with E-state index in [1.807, 2.05) is 0 Å². The van der Waals surface area contributed by atoms with Crippen LogP contribution in [0, 0.1) is 16.7 Å². The highest BCUT2D eigenvalue weighted by Gasteiger charge is 2.50. The van der Waals surface area contributed by atoms with Crippen LogP contribution < -0.4 is 5.32 Å². The average Bonchev–Trinajstić information content (AvgIpc) is 2.94. The Morgan fingerprint density at radius 2 is 2.06 bits per heavy atom. The standard InChI is InChI=1S/C14H25NO2/c1-13(2,11-5-4-6-11)9-15-10-14(7-8-14)12(16)17-3/h11,15H,4-10H2,1-3H3. The second kappa shape index (κ2) is 4.60. The van der Waals surface area contributed by atoms with Crippen molar-refractivity contribution in [2.75, 3.05) is 20.2 Å². The lowest BCUT2D eigenvalue weighted by molar-refractivity contribution is -0.146. The Bertz CT molecular complexity index is 291. The summed E-state index contributed by atoms with van der Waals surface area (Å²) >= 11 is 0. The number of methoxy groups -OCH3 is 1. The van der Waals surface area contributed by atoms with E-state index in [0.29, 0.717) is 5.41 Å². The Morgan fingerprint density at radius 3 is 2.47 bits per heavy atom. The first-order valence-electron chi connectivity index (χ1n) is 6.79. The van der Waals surface area contributed by atoms with Crippen LogP contribution in [-0.4, -0.2) is 26.2 Å². The molecule has 0 heterocycles. The molecule has 2 fully saturated rings. The molecule has 0 amide bonds. The minimum atomic E-state index is -0.190. The maximum atomic E-state index is 11.6. The van der Waals surface area contributed by atoms with Crippen molar-refractivity contribution in [2.24, 2.45) is 16.7 Å². The van der Waals surface area contributed by atoms with Crippen LogP contribution in [0.3, 0.4) is 0 Å². The van der Waals surface area contributed by atoms with Crippen LogP contribution in [-0.2, 0) is 9.53 Å². The molecule has 3 heteroatoms. The molecule has 98 valence electrons. The molecule has 0 aromatic carbocycles. The number of esters is 1. The molecule has 0 aromatic heterocycles. The largest absolute Gasteiger partial charge is 0.469 e. The van der Waals surface area contributed by atoms with Crippen LogP contribution in [0.1, 0.15) is 46.0 Å². The van der Waals surface area contributed by atoms with Gasteiger partial charge in [0.2, 0.25) is 0 Å². The minimum Gasteiger partial charge on any atom is -0.469 e. The van der Waals surface area contributed by atoms with Crippen molar-refractivity contribution < 1.29 is 9.53 Å². The molecule has 0 aliphatic heterocycles. The van der Waals surface area contributed by atoms with E-state index in [1.54, 1.807) is 0 Å². The van der Waals surface area contributed by atoms with E-state index >= 15 is 0 Å². The van der Waals surface area contributed by atoms with Gasteiger partial charge in [-0.2, -0.15) is 0 Å². The molecule has 0 spiro atoms. The fourth-order valence-electron chi connectivity index (χ4n) is 2.78. The molecule has 0 radical (unpaired) electrons. The van der Waals surface area contributed by atoms with E-state index in [9.17, 15) is 4.79 Å². The summed E-state index contributed by atoms with van der Waals surface area (Å²) < 4.78 is 4.86. The maximum Gasteiger partial charge on any atom is 0.313 e. The van der Waals surface area contributed by atoms with Gasteiger partial charge < -0.3 is 10.1 Å². The number of nitrogens with one attached hydrogen (secondary N) is 1. The fraction of sp³-hybridized carbons (Fsp3) is 0.929. The second-order valence-electron chi connectivity index (χ2n) is 6.49. The Hall–Kier alpha value is -0.570. The molecule has 2 aliphatic rings. The molecule has 1 N–H and O–H groups in total. The number of ether oxygens (including phenoxy) is 1. The van der Waals surface area contributed by atoms with Crippen molar-refractivity contribution in [2.45, 2.75) is 46.0 Å². The quantitative estimate of drug-likeness (QED) is 0.723. The van der Waals surface area contributed by atoms with Crippen molar-refractivity contribution in [1.29, 1.82) is 0 Å². The number of carbonyl (C=O) groups is 1. The van der Waals surface area contributed by atoms with Crippen LogP contribution in [0.4, 0.5) is 0 Å². The zero-order valence-corrected chi connectivity index (χ0v) is 11.3. The molecule has 0 saturated heterocycles. The highest BCUT2D eigenvalue weighted by molar-refractivity contribution is 5.80. The van der Waals surface area contributed by atoms with Crippen LogP contribution in [0.15, 0.2) is 0 Å². The smallest absolute Gasteiger partial charge is 0.313 e. The van der Waals surface area contributed by atoms with Crippen LogP contribution in [0.5, 0.6) is 0 Å². The first-order chi connectivity index (χ1) is 8.00. The Labute approximate surface area is 104 Å². The van der Waals surface area contributed by atoms with Gasteiger partial charge in [0, 0.05) is 13.1 Å². The van der Waals surface area contributed by atoms with E-state index in [4.69, 9.17) is 4.74 Å². The summed E-state index contributed by atoms with van der Waals surface area (Å²) in [5.41, 5.74) is 0.175. The van der Waals surface area contributed by atoms with Gasteiger partial charge in [-0.25, -0.2) is 0 Å². The van der Waals surface area contributed by atoms with E-state index < -0.39 is 0 Å². The Kier molecular flexibility index (Phi) is 3.48. The number of rotatable bonds is 6.